The molecule has 0 aromatic carbocycles. The van der Waals surface area contributed by atoms with Gasteiger partial charge in [-0.05, 0) is 22.9 Å². The van der Waals surface area contributed by atoms with Crippen molar-refractivity contribution in [3.63, 3.8) is 0 Å². The number of aromatic nitrogens is 2. The predicted octanol–water partition coefficient (Wildman–Crippen LogP) is 1.48. The molecule has 3 heteroatoms. The summed E-state index contributed by atoms with van der Waals surface area (Å²) >= 11 is 3.35. The molecule has 0 amide bonds. The van der Waals surface area contributed by atoms with Crippen LogP contribution < -0.4 is 10.4 Å². The second kappa shape index (κ2) is 4.86. The van der Waals surface area contributed by atoms with Gasteiger partial charge in [-0.25, -0.2) is 0 Å². The van der Waals surface area contributed by atoms with Crippen molar-refractivity contribution in [2.24, 2.45) is 0 Å². The molecule has 1 aromatic rings. The molecule has 0 fully saturated rings. The van der Waals surface area contributed by atoms with Gasteiger partial charge in [-0.1, -0.05) is 37.5 Å². The van der Waals surface area contributed by atoms with Gasteiger partial charge in [0.1, 0.15) is 4.60 Å². The molecule has 0 atom stereocenters. The molecule has 1 rings (SSSR count). The van der Waals surface area contributed by atoms with Crippen LogP contribution in [0.2, 0.25) is 0 Å². The summed E-state index contributed by atoms with van der Waals surface area (Å²) in [5.74, 6) is 0. The van der Waals surface area contributed by atoms with E-state index in [-0.39, 0.29) is 0 Å². The third kappa shape index (κ3) is 2.17. The largest absolute Gasteiger partial charge is 0.154 e. The number of rotatable bonds is 2. The Morgan fingerprint density at radius 1 is 1.07 bits per heavy atom. The average molecular weight is 251 g/mol. The normalized spacial score (nSPS) is 13.0. The van der Waals surface area contributed by atoms with E-state index >= 15 is 0 Å². The van der Waals surface area contributed by atoms with Crippen LogP contribution in [0, 0.1) is 6.92 Å². The summed E-state index contributed by atoms with van der Waals surface area (Å²) in [5, 5.41) is 9.98. The topological polar surface area (TPSA) is 25.8 Å². The smallest absolute Gasteiger partial charge is 0.136 e. The summed E-state index contributed by atoms with van der Waals surface area (Å²) in [6.45, 7) is 9.24. The second-order valence-electron chi connectivity index (χ2n) is 2.71. The zero-order chi connectivity index (χ0) is 10.6. The molecule has 72 valence electrons. The molecule has 0 bridgehead atoms. The fourth-order valence-electron chi connectivity index (χ4n) is 1.14. The zero-order valence-electron chi connectivity index (χ0n) is 8.00. The van der Waals surface area contributed by atoms with Gasteiger partial charge in [0, 0.05) is 10.4 Å². The first-order valence-corrected chi connectivity index (χ1v) is 4.94. The summed E-state index contributed by atoms with van der Waals surface area (Å²) in [5.41, 5.74) is 0.876. The average Bonchev–Trinajstić information content (AvgIpc) is 2.17. The Hall–Kier alpha value is -1.22. The Morgan fingerprint density at radius 3 is 2.21 bits per heavy atom. The van der Waals surface area contributed by atoms with Crippen molar-refractivity contribution in [1.82, 2.24) is 10.2 Å². The van der Waals surface area contributed by atoms with Crippen LogP contribution >= 0.6 is 15.9 Å². The van der Waals surface area contributed by atoms with Gasteiger partial charge in [-0.2, -0.15) is 5.10 Å². The number of aryl methyl sites for hydroxylation is 1. The highest BCUT2D eigenvalue weighted by molar-refractivity contribution is 9.10. The molecule has 2 nitrogen and oxygen atoms in total. The second-order valence-corrected chi connectivity index (χ2v) is 3.46. The third-order valence-electron chi connectivity index (χ3n) is 1.76. The Bertz CT molecular complexity index is 430. The van der Waals surface area contributed by atoms with Gasteiger partial charge in [0.25, 0.3) is 0 Å². The molecule has 0 spiro atoms. The first kappa shape index (κ1) is 10.9. The molecule has 14 heavy (non-hydrogen) atoms. The molecular formula is C11H11BrN2. The lowest BCUT2D eigenvalue weighted by Gasteiger charge is -1.96. The predicted molar refractivity (Wildman–Crippen MR) is 63.0 cm³/mol. The molecule has 0 N–H and O–H groups in total. The molecule has 1 aromatic heterocycles. The summed E-state index contributed by atoms with van der Waals surface area (Å²) in [4.78, 5) is 0. The molecular weight excluding hydrogens is 240 g/mol. The summed E-state index contributed by atoms with van der Waals surface area (Å²) in [6.07, 6.45) is 7.25. The minimum atomic E-state index is 0.719. The molecule has 0 radical (unpaired) electrons. The van der Waals surface area contributed by atoms with E-state index < -0.39 is 0 Å². The van der Waals surface area contributed by atoms with Crippen LogP contribution in [0.4, 0.5) is 0 Å². The highest BCUT2D eigenvalue weighted by atomic mass is 79.9. The number of hydrogen-bond acceptors (Lipinski definition) is 2. The van der Waals surface area contributed by atoms with E-state index in [4.69, 9.17) is 0 Å². The van der Waals surface area contributed by atoms with Crippen molar-refractivity contribution in [2.45, 2.75) is 6.92 Å². The third-order valence-corrected chi connectivity index (χ3v) is 2.34. The van der Waals surface area contributed by atoms with Crippen molar-refractivity contribution in [2.75, 3.05) is 0 Å². The number of allylic oxidation sites excluding steroid dienone is 2. The van der Waals surface area contributed by atoms with Gasteiger partial charge in [0.2, 0.25) is 0 Å². The van der Waals surface area contributed by atoms with Crippen LogP contribution in [0.1, 0.15) is 5.69 Å². The number of halogens is 1. The van der Waals surface area contributed by atoms with E-state index in [1.54, 1.807) is 12.2 Å². The Balaban J connectivity index is 3.76. The van der Waals surface area contributed by atoms with Crippen molar-refractivity contribution >= 4 is 28.1 Å². The quantitative estimate of drug-likeness (QED) is 0.795. The number of nitrogens with zero attached hydrogens (tertiary/aromatic N) is 2. The maximum Gasteiger partial charge on any atom is 0.136 e. The van der Waals surface area contributed by atoms with E-state index in [0.29, 0.717) is 0 Å². The van der Waals surface area contributed by atoms with Gasteiger partial charge < -0.3 is 0 Å². The molecule has 0 unspecified atom stereocenters. The van der Waals surface area contributed by atoms with Gasteiger partial charge in [0.05, 0.1) is 5.69 Å². The van der Waals surface area contributed by atoms with Gasteiger partial charge in [0.15, 0.2) is 0 Å². The molecule has 1 heterocycles. The first-order chi connectivity index (χ1) is 6.70. The molecule has 0 saturated heterocycles. The highest BCUT2D eigenvalue weighted by Gasteiger charge is 1.97. The van der Waals surface area contributed by atoms with Crippen molar-refractivity contribution in [3.8, 4) is 0 Å². The van der Waals surface area contributed by atoms with E-state index in [0.717, 1.165) is 20.7 Å². The van der Waals surface area contributed by atoms with Gasteiger partial charge >= 0.3 is 0 Å². The number of hydrogen-bond donors (Lipinski definition) is 0. The van der Waals surface area contributed by atoms with E-state index in [1.807, 2.05) is 19.1 Å². The van der Waals surface area contributed by atoms with Crippen molar-refractivity contribution < 1.29 is 0 Å². The summed E-state index contributed by atoms with van der Waals surface area (Å²) in [7, 11) is 0. The maximum atomic E-state index is 4.01. The summed E-state index contributed by atoms with van der Waals surface area (Å²) < 4.78 is 0.719. The zero-order valence-corrected chi connectivity index (χ0v) is 9.58. The maximum absolute atomic E-state index is 4.01. The molecule has 0 aliphatic carbocycles. The fraction of sp³-hybridized carbons (Fsp3) is 0.0909. The SMILES string of the molecule is C=C/C=c1/c(C)nnc(Br)/c1=C/C=C. The minimum absolute atomic E-state index is 0.719. The lowest BCUT2D eigenvalue weighted by atomic mass is 10.2. The van der Waals surface area contributed by atoms with Crippen molar-refractivity contribution in [3.05, 3.63) is 46.0 Å². The Morgan fingerprint density at radius 2 is 1.64 bits per heavy atom. The Kier molecular flexibility index (Phi) is 3.77. The fourth-order valence-corrected chi connectivity index (χ4v) is 1.56. The lowest BCUT2D eigenvalue weighted by Crippen LogP contribution is -2.30. The van der Waals surface area contributed by atoms with Crippen LogP contribution in [0.25, 0.3) is 12.2 Å². The Labute approximate surface area is 91.5 Å². The van der Waals surface area contributed by atoms with E-state index in [1.165, 1.54) is 0 Å². The monoisotopic (exact) mass is 250 g/mol. The van der Waals surface area contributed by atoms with Crippen LogP contribution in [0.3, 0.4) is 0 Å². The molecule has 0 aliphatic heterocycles. The summed E-state index contributed by atoms with van der Waals surface area (Å²) in [6, 6.07) is 0. The van der Waals surface area contributed by atoms with E-state index in [9.17, 15) is 0 Å². The van der Waals surface area contributed by atoms with Crippen LogP contribution in [0.15, 0.2) is 29.9 Å². The first-order valence-electron chi connectivity index (χ1n) is 4.15. The lowest BCUT2D eigenvalue weighted by molar-refractivity contribution is 0.933. The highest BCUT2D eigenvalue weighted by Crippen LogP contribution is 1.93. The van der Waals surface area contributed by atoms with Crippen LogP contribution in [-0.2, 0) is 0 Å². The van der Waals surface area contributed by atoms with Crippen LogP contribution in [-0.4, -0.2) is 10.2 Å². The molecule has 0 aliphatic rings. The van der Waals surface area contributed by atoms with Gasteiger partial charge in [-0.3, -0.25) is 0 Å². The van der Waals surface area contributed by atoms with Gasteiger partial charge in [-0.15, -0.1) is 5.10 Å². The molecule has 0 saturated carbocycles. The minimum Gasteiger partial charge on any atom is -0.154 e. The standard InChI is InChI=1S/C11H11BrN2/c1-4-6-9-8(3)13-14-11(12)10(9)7-5-2/h4-7H,1-2H2,3H3/b9-6-,10-7+. The van der Waals surface area contributed by atoms with Crippen molar-refractivity contribution in [1.29, 1.82) is 0 Å². The van der Waals surface area contributed by atoms with Crippen LogP contribution in [0.5, 0.6) is 0 Å². The van der Waals surface area contributed by atoms with E-state index in [2.05, 4.69) is 39.3 Å².